The molecule has 224 valence electrons. The first-order valence-corrected chi connectivity index (χ1v) is 13.9. The van der Waals surface area contributed by atoms with Gasteiger partial charge in [0.05, 0.1) is 23.3 Å². The van der Waals surface area contributed by atoms with Crippen LogP contribution in [-0.2, 0) is 23.7 Å². The van der Waals surface area contributed by atoms with E-state index in [0.29, 0.717) is 5.56 Å². The molecule has 11 nitrogen and oxygen atoms in total. The van der Waals surface area contributed by atoms with Crippen molar-refractivity contribution in [1.29, 1.82) is 0 Å². The molecule has 11 heteroatoms. The van der Waals surface area contributed by atoms with Gasteiger partial charge in [0.25, 0.3) is 6.33 Å². The van der Waals surface area contributed by atoms with E-state index in [1.807, 2.05) is 0 Å². The van der Waals surface area contributed by atoms with Gasteiger partial charge >= 0.3 is 23.9 Å². The van der Waals surface area contributed by atoms with Crippen LogP contribution in [0.1, 0.15) is 54.6 Å². The molecular formula is C33H29N2O9+. The Hall–Kier alpha value is -5.42. The normalized spacial score (nSPS) is 19.0. The van der Waals surface area contributed by atoms with E-state index in [2.05, 4.69) is 4.98 Å². The van der Waals surface area contributed by atoms with Crippen LogP contribution in [-0.4, -0.2) is 60.4 Å². The highest BCUT2D eigenvalue weighted by molar-refractivity contribution is 5.91. The lowest BCUT2D eigenvalue weighted by Gasteiger charge is -2.23. The Kier molecular flexibility index (Phi) is 9.68. The molecule has 3 aromatic carbocycles. The van der Waals surface area contributed by atoms with E-state index in [-0.39, 0.29) is 29.9 Å². The van der Waals surface area contributed by atoms with Crippen molar-refractivity contribution >= 4 is 23.9 Å². The summed E-state index contributed by atoms with van der Waals surface area (Å²) in [5, 5.41) is 0. The molecule has 0 radical (unpaired) electrons. The van der Waals surface area contributed by atoms with Crippen molar-refractivity contribution in [3.05, 3.63) is 132 Å². The Morgan fingerprint density at radius 2 is 1.18 bits per heavy atom. The third kappa shape index (κ3) is 7.13. The molecule has 0 aliphatic carbocycles. The quantitative estimate of drug-likeness (QED) is 0.151. The molecule has 44 heavy (non-hydrogen) atoms. The van der Waals surface area contributed by atoms with Crippen molar-refractivity contribution in [1.82, 2.24) is 4.98 Å². The number of aromatic nitrogens is 2. The number of nitrogens with zero attached hydrogens (tertiary/aromatic N) is 2. The second-order valence-corrected chi connectivity index (χ2v) is 9.65. The van der Waals surface area contributed by atoms with Crippen LogP contribution in [0, 0.1) is 0 Å². The molecule has 0 spiro atoms. The Morgan fingerprint density at radius 3 is 1.73 bits per heavy atom. The number of benzene rings is 3. The zero-order valence-electron chi connectivity index (χ0n) is 23.7. The van der Waals surface area contributed by atoms with Crippen molar-refractivity contribution < 1.29 is 47.4 Å². The number of hydrogen-bond donors (Lipinski definition) is 0. The summed E-state index contributed by atoms with van der Waals surface area (Å²) in [4.78, 5) is 55.9. The van der Waals surface area contributed by atoms with E-state index in [1.54, 1.807) is 97.9 Å². The van der Waals surface area contributed by atoms with Gasteiger partial charge in [-0.05, 0) is 43.3 Å². The lowest BCUT2D eigenvalue weighted by Crippen LogP contribution is -2.49. The first-order chi connectivity index (χ1) is 21.4. The summed E-state index contributed by atoms with van der Waals surface area (Å²) in [6, 6.07) is 24.9. The number of carbonyl (C=O) groups excluding carboxylic acids is 4. The minimum Gasteiger partial charge on any atom is -0.462 e. The minimum absolute atomic E-state index is 0.114. The number of carbonyl (C=O) groups is 4. The van der Waals surface area contributed by atoms with Gasteiger partial charge in [0.1, 0.15) is 24.5 Å². The van der Waals surface area contributed by atoms with Crippen molar-refractivity contribution in [2.45, 2.75) is 31.5 Å². The van der Waals surface area contributed by atoms with Gasteiger partial charge < -0.3 is 23.7 Å². The molecule has 1 aliphatic heterocycles. The molecule has 1 fully saturated rings. The van der Waals surface area contributed by atoms with E-state index >= 15 is 0 Å². The SMILES string of the molecule is CCOC(=O)c1cnc[n+](C2OC(COC(=O)c3ccccc3)C(OC(=O)c3ccccc3)C2OC(=O)c2ccccc2)c1. The first kappa shape index (κ1) is 30.1. The van der Waals surface area contributed by atoms with Gasteiger partial charge in [0, 0.05) is 0 Å². The van der Waals surface area contributed by atoms with E-state index in [9.17, 15) is 19.2 Å². The fourth-order valence-corrected chi connectivity index (χ4v) is 4.57. The summed E-state index contributed by atoms with van der Waals surface area (Å²) in [7, 11) is 0. The molecule has 4 atom stereocenters. The van der Waals surface area contributed by atoms with Crippen LogP contribution in [0.4, 0.5) is 0 Å². The molecule has 0 bridgehead atoms. The molecule has 4 aromatic rings. The Morgan fingerprint density at radius 1 is 0.682 bits per heavy atom. The first-order valence-electron chi connectivity index (χ1n) is 13.9. The standard InChI is InChI=1S/C33H29N2O9/c1-2-40-31(37)25-18-34-21-35(19-25)29-28(44-33(39)24-16-10-5-11-17-24)27(43-32(38)23-14-8-4-9-15-23)26(42-29)20-41-30(36)22-12-6-3-7-13-22/h3-19,21,26-29H,2,20H2,1H3/q+1. The second-order valence-electron chi connectivity index (χ2n) is 9.65. The zero-order chi connectivity index (χ0) is 30.9. The van der Waals surface area contributed by atoms with Crippen molar-refractivity contribution in [2.24, 2.45) is 0 Å². The van der Waals surface area contributed by atoms with Crippen LogP contribution in [0.25, 0.3) is 0 Å². The molecule has 4 unspecified atom stereocenters. The van der Waals surface area contributed by atoms with E-state index in [4.69, 9.17) is 23.7 Å². The highest BCUT2D eigenvalue weighted by Gasteiger charge is 2.53. The molecular weight excluding hydrogens is 568 g/mol. The summed E-state index contributed by atoms with van der Waals surface area (Å²) >= 11 is 0. The molecule has 0 N–H and O–H groups in total. The van der Waals surface area contributed by atoms with Gasteiger partial charge in [-0.2, -0.15) is 0 Å². The van der Waals surface area contributed by atoms with Gasteiger partial charge in [-0.25, -0.2) is 23.7 Å². The Balaban J connectivity index is 1.50. The molecule has 2 heterocycles. The predicted octanol–water partition coefficient (Wildman–Crippen LogP) is 3.75. The lowest BCUT2D eigenvalue weighted by atomic mass is 10.1. The average molecular weight is 598 g/mol. The van der Waals surface area contributed by atoms with Gasteiger partial charge in [-0.1, -0.05) is 59.6 Å². The largest absolute Gasteiger partial charge is 0.462 e. The van der Waals surface area contributed by atoms with Crippen LogP contribution in [0.5, 0.6) is 0 Å². The molecule has 1 aromatic heterocycles. The highest BCUT2D eigenvalue weighted by Crippen LogP contribution is 2.32. The molecule has 5 rings (SSSR count). The number of hydrogen-bond acceptors (Lipinski definition) is 10. The van der Waals surface area contributed by atoms with Crippen molar-refractivity contribution in [2.75, 3.05) is 13.2 Å². The Bertz CT molecular complexity index is 1600. The van der Waals surface area contributed by atoms with Crippen molar-refractivity contribution in [3.63, 3.8) is 0 Å². The molecule has 1 saturated heterocycles. The molecule has 0 amide bonds. The summed E-state index contributed by atoms with van der Waals surface area (Å²) < 4.78 is 30.2. The summed E-state index contributed by atoms with van der Waals surface area (Å²) in [5.41, 5.74) is 0.931. The van der Waals surface area contributed by atoms with Crippen LogP contribution in [0.3, 0.4) is 0 Å². The minimum atomic E-state index is -1.25. The van der Waals surface area contributed by atoms with E-state index in [1.165, 1.54) is 23.3 Å². The third-order valence-electron chi connectivity index (χ3n) is 6.69. The fourth-order valence-electron chi connectivity index (χ4n) is 4.57. The van der Waals surface area contributed by atoms with E-state index < -0.39 is 48.4 Å². The monoisotopic (exact) mass is 597 g/mol. The fraction of sp³-hybridized carbons (Fsp3) is 0.212. The Labute approximate surface area is 252 Å². The zero-order valence-corrected chi connectivity index (χ0v) is 23.7. The van der Waals surface area contributed by atoms with Crippen LogP contribution in [0.2, 0.25) is 0 Å². The topological polar surface area (TPSA) is 131 Å². The highest BCUT2D eigenvalue weighted by atomic mass is 16.7. The smallest absolute Gasteiger partial charge is 0.345 e. The van der Waals surface area contributed by atoms with Gasteiger partial charge in [0.2, 0.25) is 12.3 Å². The van der Waals surface area contributed by atoms with Crippen LogP contribution < -0.4 is 4.57 Å². The molecule has 0 saturated carbocycles. The maximum Gasteiger partial charge on any atom is 0.345 e. The maximum atomic E-state index is 13.3. The number of ether oxygens (including phenoxy) is 5. The number of esters is 4. The number of rotatable bonds is 10. The van der Waals surface area contributed by atoms with Gasteiger partial charge in [0.15, 0.2) is 12.3 Å². The maximum absolute atomic E-state index is 13.3. The summed E-state index contributed by atoms with van der Waals surface area (Å²) in [6.45, 7) is 1.48. The predicted molar refractivity (Wildman–Crippen MR) is 152 cm³/mol. The van der Waals surface area contributed by atoms with Crippen LogP contribution in [0.15, 0.2) is 110 Å². The summed E-state index contributed by atoms with van der Waals surface area (Å²) in [6.07, 6.45) is -0.590. The third-order valence-corrected chi connectivity index (χ3v) is 6.69. The second kappa shape index (κ2) is 14.2. The van der Waals surface area contributed by atoms with E-state index in [0.717, 1.165) is 0 Å². The van der Waals surface area contributed by atoms with Gasteiger partial charge in [-0.15, -0.1) is 0 Å². The van der Waals surface area contributed by atoms with Crippen molar-refractivity contribution in [3.8, 4) is 0 Å². The average Bonchev–Trinajstić information content (AvgIpc) is 3.41. The van der Waals surface area contributed by atoms with Gasteiger partial charge in [-0.3, -0.25) is 0 Å². The lowest BCUT2D eigenvalue weighted by molar-refractivity contribution is -0.767. The molecule has 1 aliphatic rings. The van der Waals surface area contributed by atoms with Crippen LogP contribution >= 0.6 is 0 Å². The summed E-state index contributed by atoms with van der Waals surface area (Å²) in [5.74, 6) is -2.65.